The average molecular weight is 151 g/mol. The molecule has 58 valence electrons. The highest BCUT2D eigenvalue weighted by Crippen LogP contribution is 1.96. The number of allylic oxidation sites excluding steroid dienone is 1. The fraction of sp³-hybridized carbons (Fsp3) is 0.167. The first-order valence-corrected chi connectivity index (χ1v) is 3.15. The molecule has 0 unspecified atom stereocenters. The van der Waals surface area contributed by atoms with E-state index in [9.17, 15) is 0 Å². The van der Waals surface area contributed by atoms with E-state index in [2.05, 4.69) is 20.3 Å². The molecule has 0 spiro atoms. The van der Waals surface area contributed by atoms with Crippen LogP contribution >= 0.6 is 0 Å². The summed E-state index contributed by atoms with van der Waals surface area (Å²) in [6.07, 6.45) is 4.91. The van der Waals surface area contributed by atoms with E-state index < -0.39 is 0 Å². The molecule has 11 heavy (non-hydrogen) atoms. The van der Waals surface area contributed by atoms with Crippen LogP contribution in [0.4, 0.5) is 11.9 Å². The second-order valence-electron chi connectivity index (χ2n) is 1.81. The zero-order chi connectivity index (χ0) is 8.10. The molecular weight excluding hydrogens is 142 g/mol. The van der Waals surface area contributed by atoms with E-state index in [0.29, 0.717) is 5.95 Å². The number of nitrogens with zero attached hydrogens (tertiary/aromatic N) is 3. The Morgan fingerprint density at radius 1 is 1.55 bits per heavy atom. The lowest BCUT2D eigenvalue weighted by atomic mass is 10.7. The monoisotopic (exact) mass is 151 g/mol. The van der Waals surface area contributed by atoms with Crippen LogP contribution in [0, 0.1) is 0 Å². The van der Waals surface area contributed by atoms with Gasteiger partial charge in [0, 0.05) is 0 Å². The van der Waals surface area contributed by atoms with E-state index in [1.165, 1.54) is 6.33 Å². The zero-order valence-corrected chi connectivity index (χ0v) is 6.15. The first-order valence-electron chi connectivity index (χ1n) is 3.15. The molecule has 0 saturated carbocycles. The third-order valence-electron chi connectivity index (χ3n) is 0.970. The molecule has 0 aromatic carbocycles. The van der Waals surface area contributed by atoms with Crippen molar-refractivity contribution >= 4 is 11.9 Å². The zero-order valence-electron chi connectivity index (χ0n) is 6.15. The summed E-state index contributed by atoms with van der Waals surface area (Å²) >= 11 is 0. The lowest BCUT2D eigenvalue weighted by Crippen LogP contribution is -2.00. The van der Waals surface area contributed by atoms with Crippen LogP contribution in [0.5, 0.6) is 0 Å². The molecule has 1 aromatic rings. The molecule has 1 aromatic heterocycles. The van der Waals surface area contributed by atoms with Gasteiger partial charge in [-0.2, -0.15) is 4.98 Å². The molecule has 0 atom stereocenters. The number of nitrogens with two attached hydrogens (primary N) is 1. The third kappa shape index (κ3) is 2.21. The fourth-order valence-electron chi connectivity index (χ4n) is 0.536. The largest absolute Gasteiger partial charge is 0.368 e. The van der Waals surface area contributed by atoms with Gasteiger partial charge in [0.15, 0.2) is 0 Å². The number of hydrogen-bond acceptors (Lipinski definition) is 5. The van der Waals surface area contributed by atoms with E-state index in [4.69, 9.17) is 5.73 Å². The summed E-state index contributed by atoms with van der Waals surface area (Å²) in [5, 5.41) is 2.81. The number of anilines is 2. The summed E-state index contributed by atoms with van der Waals surface area (Å²) in [6, 6.07) is 0. The minimum absolute atomic E-state index is 0.215. The highest BCUT2D eigenvalue weighted by molar-refractivity contribution is 5.31. The van der Waals surface area contributed by atoms with Crippen molar-refractivity contribution in [1.82, 2.24) is 15.0 Å². The van der Waals surface area contributed by atoms with Gasteiger partial charge in [-0.05, 0) is 13.1 Å². The molecule has 5 heteroatoms. The second-order valence-corrected chi connectivity index (χ2v) is 1.81. The van der Waals surface area contributed by atoms with Crippen LogP contribution in [0.2, 0.25) is 0 Å². The van der Waals surface area contributed by atoms with E-state index in [1.807, 2.05) is 13.0 Å². The molecule has 0 aliphatic rings. The molecule has 3 N–H and O–H groups in total. The molecule has 1 rings (SSSR count). The van der Waals surface area contributed by atoms with Gasteiger partial charge in [0.2, 0.25) is 11.9 Å². The minimum Gasteiger partial charge on any atom is -0.368 e. The van der Waals surface area contributed by atoms with Crippen molar-refractivity contribution in [3.63, 3.8) is 0 Å². The topological polar surface area (TPSA) is 76.7 Å². The predicted molar refractivity (Wildman–Crippen MR) is 42.7 cm³/mol. The van der Waals surface area contributed by atoms with Crippen LogP contribution in [-0.4, -0.2) is 15.0 Å². The molecule has 0 saturated heterocycles. The molecular formula is C6H9N5. The van der Waals surface area contributed by atoms with Gasteiger partial charge in [0.05, 0.1) is 0 Å². The Balaban J connectivity index is 2.71. The van der Waals surface area contributed by atoms with Crippen molar-refractivity contribution in [2.75, 3.05) is 11.1 Å². The summed E-state index contributed by atoms with van der Waals surface area (Å²) in [4.78, 5) is 11.3. The number of rotatable bonds is 2. The summed E-state index contributed by atoms with van der Waals surface area (Å²) in [7, 11) is 0. The van der Waals surface area contributed by atoms with Crippen molar-refractivity contribution in [3.8, 4) is 0 Å². The highest BCUT2D eigenvalue weighted by Gasteiger charge is 1.91. The van der Waals surface area contributed by atoms with Crippen molar-refractivity contribution in [1.29, 1.82) is 0 Å². The Kier molecular flexibility index (Phi) is 2.37. The standard InChI is InChI=1S/C6H9N5/c1-2-3-8-6-10-4-9-5(7)11-6/h2-4H,1H3,(H3,7,8,9,10,11). The summed E-state index contributed by atoms with van der Waals surface area (Å²) in [5.41, 5.74) is 5.30. The van der Waals surface area contributed by atoms with Gasteiger partial charge in [0.1, 0.15) is 6.33 Å². The Labute approximate surface area is 64.4 Å². The van der Waals surface area contributed by atoms with Crippen molar-refractivity contribution in [3.05, 3.63) is 18.6 Å². The van der Waals surface area contributed by atoms with Crippen molar-refractivity contribution in [2.24, 2.45) is 0 Å². The van der Waals surface area contributed by atoms with E-state index in [-0.39, 0.29) is 5.95 Å². The summed E-state index contributed by atoms with van der Waals surface area (Å²) in [6.45, 7) is 1.89. The molecule has 0 fully saturated rings. The van der Waals surface area contributed by atoms with E-state index >= 15 is 0 Å². The fourth-order valence-corrected chi connectivity index (χ4v) is 0.536. The molecule has 0 bridgehead atoms. The molecule has 1 heterocycles. The van der Waals surface area contributed by atoms with Crippen molar-refractivity contribution in [2.45, 2.75) is 6.92 Å². The SMILES string of the molecule is CC=CNc1ncnc(N)n1. The normalized spacial score (nSPS) is 10.3. The van der Waals surface area contributed by atoms with Gasteiger partial charge < -0.3 is 11.1 Å². The lowest BCUT2D eigenvalue weighted by Gasteiger charge is -1.96. The minimum atomic E-state index is 0.215. The van der Waals surface area contributed by atoms with Gasteiger partial charge in [-0.1, -0.05) is 6.08 Å². The Hall–Kier alpha value is -1.65. The highest BCUT2D eigenvalue weighted by atomic mass is 15.2. The van der Waals surface area contributed by atoms with Gasteiger partial charge >= 0.3 is 0 Å². The number of hydrogen-bond donors (Lipinski definition) is 2. The maximum atomic E-state index is 5.30. The van der Waals surface area contributed by atoms with Crippen molar-refractivity contribution < 1.29 is 0 Å². The molecule has 0 aliphatic heterocycles. The number of nitrogen functional groups attached to an aromatic ring is 1. The third-order valence-corrected chi connectivity index (χ3v) is 0.970. The Morgan fingerprint density at radius 3 is 3.00 bits per heavy atom. The van der Waals surface area contributed by atoms with Crippen LogP contribution in [0.3, 0.4) is 0 Å². The second kappa shape index (κ2) is 3.50. The van der Waals surface area contributed by atoms with Crippen LogP contribution in [-0.2, 0) is 0 Å². The first kappa shape index (κ1) is 7.46. The van der Waals surface area contributed by atoms with Crippen LogP contribution in [0.1, 0.15) is 6.92 Å². The van der Waals surface area contributed by atoms with Gasteiger partial charge in [-0.25, -0.2) is 9.97 Å². The van der Waals surface area contributed by atoms with Crippen LogP contribution < -0.4 is 11.1 Å². The summed E-state index contributed by atoms with van der Waals surface area (Å²) in [5.74, 6) is 0.669. The summed E-state index contributed by atoms with van der Waals surface area (Å²) < 4.78 is 0. The number of nitrogens with one attached hydrogen (secondary N) is 1. The van der Waals surface area contributed by atoms with Gasteiger partial charge in [-0.3, -0.25) is 0 Å². The van der Waals surface area contributed by atoms with Gasteiger partial charge in [-0.15, -0.1) is 0 Å². The maximum absolute atomic E-state index is 5.30. The van der Waals surface area contributed by atoms with E-state index in [1.54, 1.807) is 6.20 Å². The Bertz CT molecular complexity index is 257. The predicted octanol–water partition coefficient (Wildman–Crippen LogP) is 0.399. The van der Waals surface area contributed by atoms with Crippen LogP contribution in [0.25, 0.3) is 0 Å². The van der Waals surface area contributed by atoms with Crippen LogP contribution in [0.15, 0.2) is 18.6 Å². The molecule has 0 amide bonds. The lowest BCUT2D eigenvalue weighted by molar-refractivity contribution is 1.07. The molecule has 0 radical (unpaired) electrons. The smallest absolute Gasteiger partial charge is 0.231 e. The average Bonchev–Trinajstić information content (AvgIpc) is 2.01. The quantitative estimate of drug-likeness (QED) is 0.639. The molecule has 0 aliphatic carbocycles. The van der Waals surface area contributed by atoms with E-state index in [0.717, 1.165) is 0 Å². The number of aromatic nitrogens is 3. The maximum Gasteiger partial charge on any atom is 0.231 e. The first-order chi connectivity index (χ1) is 5.33. The Morgan fingerprint density at radius 2 is 2.36 bits per heavy atom. The molecule has 5 nitrogen and oxygen atoms in total. The van der Waals surface area contributed by atoms with Gasteiger partial charge in [0.25, 0.3) is 0 Å².